The van der Waals surface area contributed by atoms with Gasteiger partial charge in [-0.15, -0.1) is 11.3 Å². The zero-order valence-corrected chi connectivity index (χ0v) is 18.2. The van der Waals surface area contributed by atoms with E-state index in [1.807, 2.05) is 0 Å². The third-order valence-corrected chi connectivity index (χ3v) is 6.60. The van der Waals surface area contributed by atoms with Gasteiger partial charge in [0.2, 0.25) is 5.91 Å². The van der Waals surface area contributed by atoms with Crippen molar-refractivity contribution in [3.05, 3.63) is 57.1 Å². The molecule has 11 heteroatoms. The number of nitrogens with zero attached hydrogens (tertiary/aromatic N) is 2. The molecular formula is C22H19F5N2O3S. The van der Waals surface area contributed by atoms with Gasteiger partial charge in [0, 0.05) is 41.1 Å². The van der Waals surface area contributed by atoms with Crippen LogP contribution in [0, 0.1) is 5.82 Å². The molecule has 1 aliphatic heterocycles. The third-order valence-electron chi connectivity index (χ3n) is 5.54. The summed E-state index contributed by atoms with van der Waals surface area (Å²) in [7, 11) is 1.45. The van der Waals surface area contributed by atoms with Crippen molar-refractivity contribution >= 4 is 27.3 Å². The Labute approximate surface area is 189 Å². The van der Waals surface area contributed by atoms with Crippen LogP contribution in [0.3, 0.4) is 0 Å². The molecule has 1 atom stereocenters. The highest BCUT2D eigenvalue weighted by molar-refractivity contribution is 7.18. The molecular weight excluding hydrogens is 467 g/mol. The van der Waals surface area contributed by atoms with Crippen LogP contribution in [0.1, 0.15) is 17.5 Å². The van der Waals surface area contributed by atoms with Gasteiger partial charge in [-0.05, 0) is 24.1 Å². The lowest BCUT2D eigenvalue weighted by Crippen LogP contribution is -2.35. The van der Waals surface area contributed by atoms with Crippen LogP contribution in [0.5, 0.6) is 0 Å². The molecule has 3 heterocycles. The SMILES string of the molecule is COCc1cn(CC(=O)N2CCC(F)C2)c(=O)c2c(-c3ccc(F)c(C(F)(F)F)c3)csc12. The molecule has 0 N–H and O–H groups in total. The van der Waals surface area contributed by atoms with E-state index in [0.29, 0.717) is 22.4 Å². The van der Waals surface area contributed by atoms with Gasteiger partial charge in [-0.3, -0.25) is 9.59 Å². The molecule has 0 radical (unpaired) electrons. The number of fused-ring (bicyclic) bond motifs is 1. The van der Waals surface area contributed by atoms with Crippen LogP contribution in [0.2, 0.25) is 0 Å². The maximum atomic E-state index is 13.8. The number of rotatable bonds is 5. The Morgan fingerprint density at radius 1 is 1.30 bits per heavy atom. The molecule has 0 spiro atoms. The number of pyridine rings is 1. The van der Waals surface area contributed by atoms with Crippen LogP contribution < -0.4 is 5.56 Å². The van der Waals surface area contributed by atoms with Gasteiger partial charge in [-0.1, -0.05) is 6.07 Å². The zero-order chi connectivity index (χ0) is 23.9. The van der Waals surface area contributed by atoms with Crippen molar-refractivity contribution in [1.29, 1.82) is 0 Å². The molecule has 176 valence electrons. The molecule has 4 rings (SSSR count). The molecule has 5 nitrogen and oxygen atoms in total. The van der Waals surface area contributed by atoms with E-state index < -0.39 is 35.2 Å². The van der Waals surface area contributed by atoms with Gasteiger partial charge in [0.05, 0.1) is 24.1 Å². The van der Waals surface area contributed by atoms with Gasteiger partial charge in [-0.25, -0.2) is 8.78 Å². The summed E-state index contributed by atoms with van der Waals surface area (Å²) in [6.45, 7) is -0.0369. The Kier molecular flexibility index (Phi) is 6.28. The summed E-state index contributed by atoms with van der Waals surface area (Å²) in [4.78, 5) is 27.2. The highest BCUT2D eigenvalue weighted by Crippen LogP contribution is 2.38. The smallest absolute Gasteiger partial charge is 0.380 e. The number of benzene rings is 1. The predicted octanol–water partition coefficient (Wildman–Crippen LogP) is 4.60. The number of hydrogen-bond acceptors (Lipinski definition) is 4. The number of aromatic nitrogens is 1. The lowest BCUT2D eigenvalue weighted by molar-refractivity contribution is -0.140. The van der Waals surface area contributed by atoms with E-state index in [0.717, 1.165) is 15.9 Å². The van der Waals surface area contributed by atoms with Gasteiger partial charge in [0.15, 0.2) is 0 Å². The zero-order valence-electron chi connectivity index (χ0n) is 17.4. The molecule has 1 amide bonds. The fraction of sp³-hybridized carbons (Fsp3) is 0.364. The highest BCUT2D eigenvalue weighted by Gasteiger charge is 2.34. The lowest BCUT2D eigenvalue weighted by Gasteiger charge is -2.17. The molecule has 0 bridgehead atoms. The van der Waals surface area contributed by atoms with Gasteiger partial charge in [0.1, 0.15) is 18.5 Å². The minimum atomic E-state index is -4.90. The van der Waals surface area contributed by atoms with Crippen LogP contribution >= 0.6 is 11.3 Å². The average molecular weight is 486 g/mol. The van der Waals surface area contributed by atoms with E-state index in [1.54, 1.807) is 0 Å². The number of hydrogen-bond donors (Lipinski definition) is 0. The second-order valence-electron chi connectivity index (χ2n) is 7.79. The molecule has 0 aliphatic carbocycles. The number of methoxy groups -OCH3 is 1. The standard InChI is InChI=1S/C22H19F5N2O3S/c1-32-10-13-7-29(9-18(30)28-5-4-14(23)8-28)21(31)19-15(11-33-20(13)19)12-2-3-17(24)16(6-12)22(25,26)27/h2-3,6-7,11,14H,4-5,8-10H2,1H3. The maximum Gasteiger partial charge on any atom is 0.419 e. The number of carbonyl (C=O) groups is 1. The largest absolute Gasteiger partial charge is 0.419 e. The molecule has 2 aromatic heterocycles. The topological polar surface area (TPSA) is 51.5 Å². The predicted molar refractivity (Wildman–Crippen MR) is 113 cm³/mol. The normalized spacial score (nSPS) is 16.7. The maximum absolute atomic E-state index is 13.8. The highest BCUT2D eigenvalue weighted by atomic mass is 32.1. The first-order valence-electron chi connectivity index (χ1n) is 10.0. The van der Waals surface area contributed by atoms with Gasteiger partial charge in [0.25, 0.3) is 5.56 Å². The summed E-state index contributed by atoms with van der Waals surface area (Å²) in [5, 5.41) is 1.64. The average Bonchev–Trinajstić information content (AvgIpc) is 3.38. The Bertz CT molecular complexity index is 1270. The summed E-state index contributed by atoms with van der Waals surface area (Å²) < 4.78 is 73.8. The molecule has 33 heavy (non-hydrogen) atoms. The van der Waals surface area contributed by atoms with Crippen molar-refractivity contribution in [3.63, 3.8) is 0 Å². The molecule has 1 saturated heterocycles. The van der Waals surface area contributed by atoms with Crippen LogP contribution in [-0.2, 0) is 28.9 Å². The molecule has 1 aliphatic rings. The fourth-order valence-electron chi connectivity index (χ4n) is 3.94. The number of thiophene rings is 1. The van der Waals surface area contributed by atoms with Crippen molar-refractivity contribution in [2.45, 2.75) is 31.9 Å². The summed E-state index contributed by atoms with van der Waals surface area (Å²) in [5.74, 6) is -1.84. The first-order chi connectivity index (χ1) is 15.6. The second-order valence-corrected chi connectivity index (χ2v) is 8.67. The Morgan fingerprint density at radius 2 is 2.06 bits per heavy atom. The van der Waals surface area contributed by atoms with Gasteiger partial charge < -0.3 is 14.2 Å². The number of likely N-dealkylation sites (tertiary alicyclic amines) is 1. The van der Waals surface area contributed by atoms with E-state index in [1.165, 1.54) is 29.7 Å². The van der Waals surface area contributed by atoms with E-state index in [4.69, 9.17) is 4.74 Å². The van der Waals surface area contributed by atoms with E-state index in [-0.39, 0.29) is 49.2 Å². The summed E-state index contributed by atoms with van der Waals surface area (Å²) in [5.41, 5.74) is -1.21. The second kappa shape index (κ2) is 8.86. The van der Waals surface area contributed by atoms with Crippen molar-refractivity contribution in [2.75, 3.05) is 20.2 Å². The lowest BCUT2D eigenvalue weighted by atomic mass is 10.0. The van der Waals surface area contributed by atoms with Gasteiger partial charge in [-0.2, -0.15) is 13.2 Å². The molecule has 3 aromatic rings. The fourth-order valence-corrected chi connectivity index (χ4v) is 5.01. The van der Waals surface area contributed by atoms with Crippen LogP contribution in [0.25, 0.3) is 21.2 Å². The van der Waals surface area contributed by atoms with Crippen LogP contribution in [0.15, 0.2) is 34.6 Å². The molecule has 1 fully saturated rings. The summed E-state index contributed by atoms with van der Waals surface area (Å²) >= 11 is 1.15. The third kappa shape index (κ3) is 4.51. The number of halogens is 5. The Balaban J connectivity index is 1.83. The van der Waals surface area contributed by atoms with Crippen molar-refractivity contribution in [1.82, 2.24) is 9.47 Å². The number of amides is 1. The van der Waals surface area contributed by atoms with Crippen molar-refractivity contribution < 1.29 is 31.5 Å². The van der Waals surface area contributed by atoms with Crippen LogP contribution in [0.4, 0.5) is 22.0 Å². The number of ether oxygens (including phenoxy) is 1. The number of alkyl halides is 4. The van der Waals surface area contributed by atoms with Crippen molar-refractivity contribution in [3.8, 4) is 11.1 Å². The summed E-state index contributed by atoms with van der Waals surface area (Å²) in [6.07, 6.45) is -4.30. The Hall–Kier alpha value is -2.79. The number of carbonyl (C=O) groups excluding carboxylic acids is 1. The van der Waals surface area contributed by atoms with Crippen molar-refractivity contribution in [2.24, 2.45) is 0 Å². The molecule has 1 unspecified atom stereocenters. The Morgan fingerprint density at radius 3 is 2.70 bits per heavy atom. The quantitative estimate of drug-likeness (QED) is 0.496. The van der Waals surface area contributed by atoms with Gasteiger partial charge >= 0.3 is 6.18 Å². The first-order valence-corrected chi connectivity index (χ1v) is 10.9. The summed E-state index contributed by atoms with van der Waals surface area (Å²) in [6, 6.07) is 2.56. The van der Waals surface area contributed by atoms with E-state index in [9.17, 15) is 31.5 Å². The van der Waals surface area contributed by atoms with Crippen LogP contribution in [-0.4, -0.2) is 41.7 Å². The van der Waals surface area contributed by atoms with E-state index >= 15 is 0 Å². The first kappa shape index (κ1) is 23.4. The van der Waals surface area contributed by atoms with E-state index in [2.05, 4.69) is 0 Å². The minimum absolute atomic E-state index is 0.0272. The monoisotopic (exact) mass is 486 g/mol. The minimum Gasteiger partial charge on any atom is -0.380 e. The molecule has 0 saturated carbocycles. The molecule has 1 aromatic carbocycles.